The molecule has 2 heterocycles. The lowest BCUT2D eigenvalue weighted by Gasteiger charge is -2.32. The van der Waals surface area contributed by atoms with Gasteiger partial charge >= 0.3 is 0 Å². The lowest BCUT2D eigenvalue weighted by molar-refractivity contribution is -0.132. The van der Waals surface area contributed by atoms with Crippen LogP contribution < -0.4 is 0 Å². The molecule has 1 atom stereocenters. The van der Waals surface area contributed by atoms with Crippen molar-refractivity contribution in [1.29, 1.82) is 0 Å². The number of aryl methyl sites for hydroxylation is 1. The molecule has 1 aliphatic heterocycles. The minimum absolute atomic E-state index is 0.112. The van der Waals surface area contributed by atoms with E-state index in [-0.39, 0.29) is 17.6 Å². The summed E-state index contributed by atoms with van der Waals surface area (Å²) in [4.78, 5) is 32.0. The van der Waals surface area contributed by atoms with E-state index in [2.05, 4.69) is 4.98 Å². The van der Waals surface area contributed by atoms with Gasteiger partial charge in [-0.3, -0.25) is 14.6 Å². The summed E-state index contributed by atoms with van der Waals surface area (Å²) in [6, 6.07) is 19.6. The van der Waals surface area contributed by atoms with Crippen molar-refractivity contribution in [2.24, 2.45) is 5.92 Å². The van der Waals surface area contributed by atoms with Gasteiger partial charge in [-0.15, -0.1) is 0 Å². The van der Waals surface area contributed by atoms with Crippen molar-refractivity contribution in [1.82, 2.24) is 9.88 Å². The van der Waals surface area contributed by atoms with Crippen LogP contribution in [0.15, 0.2) is 66.9 Å². The molecule has 1 amide bonds. The molecule has 0 saturated carbocycles. The van der Waals surface area contributed by atoms with Crippen LogP contribution in [0.3, 0.4) is 0 Å². The normalized spacial score (nSPS) is 16.9. The lowest BCUT2D eigenvalue weighted by Crippen LogP contribution is -2.42. The number of hydrogen-bond acceptors (Lipinski definition) is 3. The van der Waals surface area contributed by atoms with E-state index in [1.165, 1.54) is 0 Å². The molecule has 4 rings (SSSR count). The number of nitrogens with zero attached hydrogens (tertiary/aromatic N) is 2. The van der Waals surface area contributed by atoms with Gasteiger partial charge in [0.15, 0.2) is 5.78 Å². The molecule has 1 aromatic heterocycles. The first kappa shape index (κ1) is 18.4. The van der Waals surface area contributed by atoms with Crippen molar-refractivity contribution in [3.8, 4) is 0 Å². The van der Waals surface area contributed by atoms with E-state index in [0.29, 0.717) is 19.4 Å². The van der Waals surface area contributed by atoms with Crippen LogP contribution in [0.5, 0.6) is 0 Å². The number of carbonyl (C=O) groups excluding carboxylic acids is 2. The van der Waals surface area contributed by atoms with E-state index < -0.39 is 0 Å². The molecule has 2 aromatic carbocycles. The van der Waals surface area contributed by atoms with Crippen molar-refractivity contribution in [3.05, 3.63) is 78.1 Å². The zero-order chi connectivity index (χ0) is 19.3. The molecule has 0 aliphatic carbocycles. The summed E-state index contributed by atoms with van der Waals surface area (Å²) in [6.07, 6.45) is 4.53. The first-order valence-electron chi connectivity index (χ1n) is 9.92. The molecular weight excluding hydrogens is 348 g/mol. The summed E-state index contributed by atoms with van der Waals surface area (Å²) in [5, 5.41) is 2.07. The Bertz CT molecular complexity index is 979. The monoisotopic (exact) mass is 372 g/mol. The minimum atomic E-state index is -0.127. The molecule has 0 N–H and O–H groups in total. The fourth-order valence-corrected chi connectivity index (χ4v) is 4.02. The predicted molar refractivity (Wildman–Crippen MR) is 110 cm³/mol. The number of piperidine rings is 1. The highest BCUT2D eigenvalue weighted by molar-refractivity contribution is 6.09. The van der Waals surface area contributed by atoms with Gasteiger partial charge in [-0.25, -0.2) is 0 Å². The van der Waals surface area contributed by atoms with Gasteiger partial charge in [-0.1, -0.05) is 48.5 Å². The largest absolute Gasteiger partial charge is 0.342 e. The maximum Gasteiger partial charge on any atom is 0.222 e. The molecule has 3 aromatic rings. The van der Waals surface area contributed by atoms with Gasteiger partial charge in [0.25, 0.3) is 0 Å². The van der Waals surface area contributed by atoms with Crippen LogP contribution in [-0.2, 0) is 11.2 Å². The molecule has 28 heavy (non-hydrogen) atoms. The second kappa shape index (κ2) is 8.34. The number of benzene rings is 2. The average molecular weight is 372 g/mol. The van der Waals surface area contributed by atoms with Gasteiger partial charge in [-0.2, -0.15) is 0 Å². The number of Topliss-reactive ketones (excluding diaryl/α,β-unsaturated/α-hetero) is 1. The Kier molecular flexibility index (Phi) is 5.47. The number of carbonyl (C=O) groups is 2. The first-order chi connectivity index (χ1) is 13.7. The zero-order valence-electron chi connectivity index (χ0n) is 15.9. The van der Waals surface area contributed by atoms with Crippen molar-refractivity contribution in [3.63, 3.8) is 0 Å². The van der Waals surface area contributed by atoms with E-state index in [1.807, 2.05) is 65.6 Å². The van der Waals surface area contributed by atoms with Crippen LogP contribution in [0.25, 0.3) is 10.8 Å². The quantitative estimate of drug-likeness (QED) is 0.628. The molecule has 1 aliphatic rings. The van der Waals surface area contributed by atoms with Crippen molar-refractivity contribution < 1.29 is 9.59 Å². The van der Waals surface area contributed by atoms with Gasteiger partial charge in [0.1, 0.15) is 0 Å². The molecule has 1 saturated heterocycles. The Morgan fingerprint density at radius 1 is 1.00 bits per heavy atom. The fraction of sp³-hybridized carbons (Fsp3) is 0.292. The standard InChI is InChI=1S/C24H24N2O2/c27-23(14-13-20-10-3-4-15-25-20)26-16-6-9-19(17-26)24(28)22-12-5-8-18-7-1-2-11-21(18)22/h1-5,7-8,10-12,15,19H,6,9,13-14,16-17H2. The van der Waals surface area contributed by atoms with Crippen LogP contribution in [0.1, 0.15) is 35.3 Å². The van der Waals surface area contributed by atoms with E-state index >= 15 is 0 Å². The summed E-state index contributed by atoms with van der Waals surface area (Å²) in [7, 11) is 0. The maximum atomic E-state index is 13.2. The molecule has 1 fully saturated rings. The Hall–Kier alpha value is -3.01. The van der Waals surface area contributed by atoms with Crippen LogP contribution in [0.2, 0.25) is 0 Å². The fourth-order valence-electron chi connectivity index (χ4n) is 4.02. The van der Waals surface area contributed by atoms with E-state index in [4.69, 9.17) is 0 Å². The van der Waals surface area contributed by atoms with E-state index in [9.17, 15) is 9.59 Å². The van der Waals surface area contributed by atoms with Crippen LogP contribution in [0, 0.1) is 5.92 Å². The second-order valence-corrected chi connectivity index (χ2v) is 7.39. The van der Waals surface area contributed by atoms with Gasteiger partial charge in [0.05, 0.1) is 0 Å². The molecule has 0 bridgehead atoms. The number of rotatable bonds is 5. The summed E-state index contributed by atoms with van der Waals surface area (Å²) in [5.41, 5.74) is 1.70. The summed E-state index contributed by atoms with van der Waals surface area (Å²) >= 11 is 0. The van der Waals surface area contributed by atoms with Crippen LogP contribution in [-0.4, -0.2) is 34.7 Å². The number of fused-ring (bicyclic) bond motifs is 1. The third kappa shape index (κ3) is 3.96. The third-order valence-corrected chi connectivity index (χ3v) is 5.52. The smallest absolute Gasteiger partial charge is 0.222 e. The number of ketones is 1. The van der Waals surface area contributed by atoms with Crippen LogP contribution in [0.4, 0.5) is 0 Å². The number of likely N-dealkylation sites (tertiary alicyclic amines) is 1. The SMILES string of the molecule is O=C(c1cccc2ccccc12)C1CCCN(C(=O)CCc2ccccn2)C1. The Labute approximate surface area is 165 Å². The summed E-state index contributed by atoms with van der Waals surface area (Å²) in [5.74, 6) is 0.137. The van der Waals surface area contributed by atoms with E-state index in [0.717, 1.165) is 41.4 Å². The molecular formula is C24H24N2O2. The van der Waals surface area contributed by atoms with E-state index in [1.54, 1.807) is 6.20 Å². The lowest BCUT2D eigenvalue weighted by atomic mass is 9.88. The molecule has 1 unspecified atom stereocenters. The molecule has 4 heteroatoms. The average Bonchev–Trinajstić information content (AvgIpc) is 2.77. The maximum absolute atomic E-state index is 13.2. The van der Waals surface area contributed by atoms with Crippen LogP contribution >= 0.6 is 0 Å². The Balaban J connectivity index is 1.44. The van der Waals surface area contributed by atoms with Crippen molar-refractivity contribution in [2.45, 2.75) is 25.7 Å². The second-order valence-electron chi connectivity index (χ2n) is 7.39. The summed E-state index contributed by atoms with van der Waals surface area (Å²) < 4.78 is 0. The van der Waals surface area contributed by atoms with Gasteiger partial charge in [0.2, 0.25) is 5.91 Å². The number of pyridine rings is 1. The Morgan fingerprint density at radius 2 is 1.82 bits per heavy atom. The highest BCUT2D eigenvalue weighted by atomic mass is 16.2. The van der Waals surface area contributed by atoms with Gasteiger partial charge in [-0.05, 0) is 42.2 Å². The molecule has 0 radical (unpaired) electrons. The predicted octanol–water partition coefficient (Wildman–Crippen LogP) is 4.29. The third-order valence-electron chi connectivity index (χ3n) is 5.52. The molecule has 142 valence electrons. The van der Waals surface area contributed by atoms with Gasteiger partial charge < -0.3 is 4.90 Å². The molecule has 0 spiro atoms. The first-order valence-corrected chi connectivity index (χ1v) is 9.92. The molecule has 4 nitrogen and oxygen atoms in total. The van der Waals surface area contributed by atoms with Crippen molar-refractivity contribution >= 4 is 22.5 Å². The number of hydrogen-bond donors (Lipinski definition) is 0. The summed E-state index contributed by atoms with van der Waals surface area (Å²) in [6.45, 7) is 1.25. The number of aromatic nitrogens is 1. The highest BCUT2D eigenvalue weighted by Crippen LogP contribution is 2.26. The number of amides is 1. The highest BCUT2D eigenvalue weighted by Gasteiger charge is 2.29. The van der Waals surface area contributed by atoms with Gasteiger partial charge in [0, 0.05) is 42.9 Å². The zero-order valence-corrected chi connectivity index (χ0v) is 15.9. The Morgan fingerprint density at radius 3 is 2.68 bits per heavy atom. The minimum Gasteiger partial charge on any atom is -0.342 e. The topological polar surface area (TPSA) is 50.3 Å². The van der Waals surface area contributed by atoms with Crippen molar-refractivity contribution in [2.75, 3.05) is 13.1 Å².